The molecule has 2 nitrogen and oxygen atoms in total. The van der Waals surface area contributed by atoms with Crippen LogP contribution in [0, 0.1) is 5.82 Å². The van der Waals surface area contributed by atoms with Crippen LogP contribution in [-0.2, 0) is 10.8 Å². The maximum atomic E-state index is 14.6. The van der Waals surface area contributed by atoms with E-state index < -0.39 is 17.5 Å². The minimum atomic E-state index is -3.67. The van der Waals surface area contributed by atoms with Gasteiger partial charge < -0.3 is 9.47 Å². The lowest BCUT2D eigenvalue weighted by Gasteiger charge is -2.27. The Hall–Kier alpha value is -1.65. The molecule has 27 heavy (non-hydrogen) atoms. The summed E-state index contributed by atoms with van der Waals surface area (Å²) in [6, 6.07) is 2.92. The maximum absolute atomic E-state index is 14.6. The predicted molar refractivity (Wildman–Crippen MR) is 102 cm³/mol. The summed E-state index contributed by atoms with van der Waals surface area (Å²) in [4.78, 5) is 0. The Kier molecular flexibility index (Phi) is 8.52. The fourth-order valence-corrected chi connectivity index (χ4v) is 3.25. The van der Waals surface area contributed by atoms with Gasteiger partial charge in [-0.05, 0) is 30.5 Å². The summed E-state index contributed by atoms with van der Waals surface area (Å²) in [5, 5.41) is 0. The average molecular weight is 384 g/mol. The number of halogens is 3. The third-order valence-electron chi connectivity index (χ3n) is 4.79. The molecule has 0 N–H and O–H groups in total. The van der Waals surface area contributed by atoms with E-state index in [9.17, 15) is 13.2 Å². The minimum absolute atomic E-state index is 0.138. The van der Waals surface area contributed by atoms with E-state index in [1.54, 1.807) is 0 Å². The normalized spacial score (nSPS) is 15.1. The molecule has 1 aromatic carbocycles. The van der Waals surface area contributed by atoms with Crippen molar-refractivity contribution >= 4 is 6.08 Å². The summed E-state index contributed by atoms with van der Waals surface area (Å²) in [7, 11) is 0. The van der Waals surface area contributed by atoms with Gasteiger partial charge in [-0.15, -0.1) is 0 Å². The molecule has 0 fully saturated rings. The smallest absolute Gasteiger partial charge is 0.430 e. The topological polar surface area (TPSA) is 18.5 Å². The van der Waals surface area contributed by atoms with E-state index >= 15 is 0 Å². The Balaban J connectivity index is 2.02. The molecule has 0 unspecified atom stereocenters. The second kappa shape index (κ2) is 10.6. The van der Waals surface area contributed by atoms with Crippen molar-refractivity contribution in [1.82, 2.24) is 0 Å². The second-order valence-electron chi connectivity index (χ2n) is 7.14. The molecule has 1 aromatic rings. The standard InChI is InChI=1S/C22H31F3O2/c1-3-5-7-8-9-10-12-18-16-17-13-14-19(26-15-11-6-4-2)21(23)20(17)22(24,25)27-18/h13-14,16H,3-12,15H2,1-2H3. The van der Waals surface area contributed by atoms with Crippen LogP contribution in [0.4, 0.5) is 13.2 Å². The van der Waals surface area contributed by atoms with Gasteiger partial charge in [0, 0.05) is 6.42 Å². The fraction of sp³-hybridized carbons (Fsp3) is 0.636. The third-order valence-corrected chi connectivity index (χ3v) is 4.79. The van der Waals surface area contributed by atoms with Gasteiger partial charge in [-0.25, -0.2) is 4.39 Å². The molecule has 0 saturated heterocycles. The van der Waals surface area contributed by atoms with Crippen LogP contribution in [0.1, 0.15) is 89.2 Å². The number of unbranched alkanes of at least 4 members (excludes halogenated alkanes) is 7. The van der Waals surface area contributed by atoms with Crippen LogP contribution in [-0.4, -0.2) is 6.61 Å². The first-order valence-corrected chi connectivity index (χ1v) is 10.2. The third kappa shape index (κ3) is 6.18. The molecule has 1 heterocycles. The molecule has 2 rings (SSSR count). The number of rotatable bonds is 12. The van der Waals surface area contributed by atoms with Gasteiger partial charge >= 0.3 is 6.11 Å². The van der Waals surface area contributed by atoms with Gasteiger partial charge in [0.15, 0.2) is 11.6 Å². The number of allylic oxidation sites excluding steroid dienone is 1. The summed E-state index contributed by atoms with van der Waals surface area (Å²) >= 11 is 0. The lowest BCUT2D eigenvalue weighted by Crippen LogP contribution is -2.24. The lowest BCUT2D eigenvalue weighted by atomic mass is 10.0. The highest BCUT2D eigenvalue weighted by Crippen LogP contribution is 2.43. The van der Waals surface area contributed by atoms with Crippen LogP contribution in [0.15, 0.2) is 17.9 Å². The number of benzene rings is 1. The Morgan fingerprint density at radius 2 is 1.59 bits per heavy atom. The summed E-state index contributed by atoms with van der Waals surface area (Å²) < 4.78 is 53.7. The van der Waals surface area contributed by atoms with Crippen molar-refractivity contribution in [2.75, 3.05) is 6.61 Å². The fourth-order valence-electron chi connectivity index (χ4n) is 3.25. The summed E-state index contributed by atoms with van der Waals surface area (Å²) in [6.07, 6.45) is 7.45. The highest BCUT2D eigenvalue weighted by Gasteiger charge is 2.43. The molecule has 0 spiro atoms. The first-order chi connectivity index (χ1) is 13.0. The van der Waals surface area contributed by atoms with Crippen LogP contribution >= 0.6 is 0 Å². The Morgan fingerprint density at radius 1 is 0.926 bits per heavy atom. The van der Waals surface area contributed by atoms with Crippen molar-refractivity contribution in [3.8, 4) is 5.75 Å². The van der Waals surface area contributed by atoms with Crippen molar-refractivity contribution in [1.29, 1.82) is 0 Å². The van der Waals surface area contributed by atoms with Gasteiger partial charge in [-0.1, -0.05) is 64.9 Å². The minimum Gasteiger partial charge on any atom is -0.491 e. The van der Waals surface area contributed by atoms with E-state index in [-0.39, 0.29) is 17.1 Å². The Labute approximate surface area is 160 Å². The summed E-state index contributed by atoms with van der Waals surface area (Å²) in [5.74, 6) is -0.941. The quantitative estimate of drug-likeness (QED) is 0.346. The summed E-state index contributed by atoms with van der Waals surface area (Å²) in [6.45, 7) is 4.52. The highest BCUT2D eigenvalue weighted by atomic mass is 19.3. The Bertz CT molecular complexity index is 626. The molecular formula is C22H31F3O2. The number of alkyl halides is 2. The zero-order chi connectivity index (χ0) is 19.7. The van der Waals surface area contributed by atoms with Crippen molar-refractivity contribution < 1.29 is 22.6 Å². The first-order valence-electron chi connectivity index (χ1n) is 10.2. The average Bonchev–Trinajstić information content (AvgIpc) is 2.62. The van der Waals surface area contributed by atoms with Crippen molar-refractivity contribution in [3.63, 3.8) is 0 Å². The van der Waals surface area contributed by atoms with Gasteiger partial charge in [-0.2, -0.15) is 8.78 Å². The predicted octanol–water partition coefficient (Wildman–Crippen LogP) is 7.57. The van der Waals surface area contributed by atoms with Gasteiger partial charge in [0.1, 0.15) is 11.3 Å². The molecule has 152 valence electrons. The molecule has 0 atom stereocenters. The lowest BCUT2D eigenvalue weighted by molar-refractivity contribution is -0.228. The van der Waals surface area contributed by atoms with E-state index in [1.165, 1.54) is 37.5 Å². The van der Waals surface area contributed by atoms with Crippen molar-refractivity contribution in [3.05, 3.63) is 34.8 Å². The van der Waals surface area contributed by atoms with E-state index in [4.69, 9.17) is 9.47 Å². The van der Waals surface area contributed by atoms with Gasteiger partial charge in [0.05, 0.1) is 6.61 Å². The number of hydrogen-bond acceptors (Lipinski definition) is 2. The molecular weight excluding hydrogens is 353 g/mol. The molecule has 0 bridgehead atoms. The zero-order valence-electron chi connectivity index (χ0n) is 16.5. The summed E-state index contributed by atoms with van der Waals surface area (Å²) in [5.41, 5.74) is -0.548. The van der Waals surface area contributed by atoms with Crippen LogP contribution in [0.5, 0.6) is 5.75 Å². The number of fused-ring (bicyclic) bond motifs is 1. The Morgan fingerprint density at radius 3 is 2.33 bits per heavy atom. The maximum Gasteiger partial charge on any atom is 0.430 e. The van der Waals surface area contributed by atoms with Gasteiger partial charge in [0.25, 0.3) is 0 Å². The first kappa shape index (κ1) is 21.6. The molecule has 0 aliphatic carbocycles. The molecule has 1 aliphatic rings. The van der Waals surface area contributed by atoms with Gasteiger partial charge in [-0.3, -0.25) is 0 Å². The molecule has 0 radical (unpaired) electrons. The molecule has 5 heteroatoms. The monoisotopic (exact) mass is 384 g/mol. The van der Waals surface area contributed by atoms with Crippen LogP contribution in [0.3, 0.4) is 0 Å². The van der Waals surface area contributed by atoms with Crippen molar-refractivity contribution in [2.24, 2.45) is 0 Å². The molecule has 1 aliphatic heterocycles. The van der Waals surface area contributed by atoms with Crippen LogP contribution in [0.2, 0.25) is 0 Å². The molecule has 0 aromatic heterocycles. The van der Waals surface area contributed by atoms with Gasteiger partial charge in [0.2, 0.25) is 0 Å². The SMILES string of the molecule is CCCCCCCCC1=Cc2ccc(OCCCCC)c(F)c2C(F)(F)O1. The van der Waals surface area contributed by atoms with Crippen LogP contribution < -0.4 is 4.74 Å². The highest BCUT2D eigenvalue weighted by molar-refractivity contribution is 5.60. The van der Waals surface area contributed by atoms with Crippen LogP contribution in [0.25, 0.3) is 6.08 Å². The molecule has 0 amide bonds. The van der Waals surface area contributed by atoms with E-state index in [0.29, 0.717) is 13.0 Å². The molecule has 0 saturated carbocycles. The number of ether oxygens (including phenoxy) is 2. The largest absolute Gasteiger partial charge is 0.491 e. The second-order valence-corrected chi connectivity index (χ2v) is 7.14. The zero-order valence-corrected chi connectivity index (χ0v) is 16.5. The van der Waals surface area contributed by atoms with Crippen molar-refractivity contribution in [2.45, 2.75) is 84.2 Å². The van der Waals surface area contributed by atoms with E-state index in [0.717, 1.165) is 38.5 Å². The van der Waals surface area contributed by atoms with E-state index in [1.807, 2.05) is 6.92 Å². The van der Waals surface area contributed by atoms with E-state index in [2.05, 4.69) is 6.92 Å². The number of hydrogen-bond donors (Lipinski definition) is 0.